The Hall–Kier alpha value is -0.650. The van der Waals surface area contributed by atoms with Gasteiger partial charge >= 0.3 is 0 Å². The van der Waals surface area contributed by atoms with E-state index < -0.39 is 11.5 Å². The number of methoxy groups -OCH3 is 1. The van der Waals surface area contributed by atoms with Gasteiger partial charge in [0.2, 0.25) is 5.91 Å². The fourth-order valence-electron chi connectivity index (χ4n) is 1.22. The summed E-state index contributed by atoms with van der Waals surface area (Å²) in [5, 5.41) is 15.0. The summed E-state index contributed by atoms with van der Waals surface area (Å²) in [7, 11) is 3.15. The zero-order valence-electron chi connectivity index (χ0n) is 9.96. The normalized spacial score (nSPS) is 13.7. The second-order valence-corrected chi connectivity index (χ2v) is 4.20. The molecule has 3 N–H and O–H groups in total. The Bertz CT molecular complexity index is 195. The van der Waals surface area contributed by atoms with Crippen molar-refractivity contribution in [1.82, 2.24) is 10.6 Å². The van der Waals surface area contributed by atoms with Crippen LogP contribution in [0.3, 0.4) is 0 Å². The summed E-state index contributed by atoms with van der Waals surface area (Å²) >= 11 is 0. The molecule has 0 aromatic carbocycles. The maximum Gasteiger partial charge on any atom is 0.226 e. The van der Waals surface area contributed by atoms with Crippen LogP contribution in [-0.4, -0.2) is 51.0 Å². The van der Waals surface area contributed by atoms with Crippen molar-refractivity contribution in [3.8, 4) is 0 Å². The van der Waals surface area contributed by atoms with Crippen LogP contribution in [0, 0.1) is 5.41 Å². The zero-order chi connectivity index (χ0) is 11.9. The summed E-state index contributed by atoms with van der Waals surface area (Å²) in [6.45, 7) is 4.94. The SMILES string of the molecule is CNC(=O)C(C)(C)CNCC(O)COC. The van der Waals surface area contributed by atoms with E-state index in [1.807, 2.05) is 13.8 Å². The third-order valence-electron chi connectivity index (χ3n) is 2.15. The lowest BCUT2D eigenvalue weighted by atomic mass is 9.92. The number of amides is 1. The predicted octanol–water partition coefficient (Wildman–Crippen LogP) is -0.644. The molecule has 0 fully saturated rings. The zero-order valence-corrected chi connectivity index (χ0v) is 9.96. The Morgan fingerprint density at radius 3 is 2.60 bits per heavy atom. The van der Waals surface area contributed by atoms with Crippen molar-refractivity contribution in [3.05, 3.63) is 0 Å². The summed E-state index contributed by atoms with van der Waals surface area (Å²) in [4.78, 5) is 11.4. The highest BCUT2D eigenvalue weighted by Crippen LogP contribution is 2.12. The van der Waals surface area contributed by atoms with E-state index >= 15 is 0 Å². The third-order valence-corrected chi connectivity index (χ3v) is 2.15. The van der Waals surface area contributed by atoms with Crippen molar-refractivity contribution < 1.29 is 14.6 Å². The number of carbonyl (C=O) groups is 1. The van der Waals surface area contributed by atoms with E-state index in [1.165, 1.54) is 7.11 Å². The molecule has 0 heterocycles. The standard InChI is InChI=1S/C10H22N2O3/c1-10(2,9(14)11-3)7-12-5-8(13)6-15-4/h8,12-13H,5-7H2,1-4H3,(H,11,14). The Morgan fingerprint density at radius 2 is 2.13 bits per heavy atom. The summed E-state index contributed by atoms with van der Waals surface area (Å²) in [6.07, 6.45) is -0.532. The molecule has 0 radical (unpaired) electrons. The maximum atomic E-state index is 11.4. The molecule has 90 valence electrons. The Balaban J connectivity index is 3.79. The largest absolute Gasteiger partial charge is 0.389 e. The highest BCUT2D eigenvalue weighted by Gasteiger charge is 2.25. The van der Waals surface area contributed by atoms with Gasteiger partial charge in [-0.25, -0.2) is 0 Å². The lowest BCUT2D eigenvalue weighted by Gasteiger charge is -2.23. The number of ether oxygens (including phenoxy) is 1. The van der Waals surface area contributed by atoms with Crippen molar-refractivity contribution in [2.24, 2.45) is 5.41 Å². The first kappa shape index (κ1) is 14.3. The van der Waals surface area contributed by atoms with Gasteiger partial charge in [-0.3, -0.25) is 4.79 Å². The molecule has 0 saturated heterocycles. The average molecular weight is 218 g/mol. The predicted molar refractivity (Wildman–Crippen MR) is 58.6 cm³/mol. The van der Waals surface area contributed by atoms with Gasteiger partial charge in [-0.05, 0) is 13.8 Å². The molecule has 5 heteroatoms. The number of hydrogen-bond acceptors (Lipinski definition) is 4. The lowest BCUT2D eigenvalue weighted by molar-refractivity contribution is -0.128. The van der Waals surface area contributed by atoms with Crippen LogP contribution < -0.4 is 10.6 Å². The minimum Gasteiger partial charge on any atom is -0.389 e. The van der Waals surface area contributed by atoms with Gasteiger partial charge in [0.1, 0.15) is 0 Å². The first-order chi connectivity index (χ1) is 6.94. The van der Waals surface area contributed by atoms with Gasteiger partial charge in [-0.15, -0.1) is 0 Å². The molecule has 1 amide bonds. The van der Waals surface area contributed by atoms with Crippen LogP contribution in [0.25, 0.3) is 0 Å². The van der Waals surface area contributed by atoms with Crippen molar-refractivity contribution in [1.29, 1.82) is 0 Å². The van der Waals surface area contributed by atoms with E-state index in [9.17, 15) is 9.90 Å². The molecule has 1 unspecified atom stereocenters. The van der Waals surface area contributed by atoms with E-state index in [-0.39, 0.29) is 5.91 Å². The molecule has 0 saturated carbocycles. The Kier molecular flexibility index (Phi) is 6.47. The quantitative estimate of drug-likeness (QED) is 0.531. The lowest BCUT2D eigenvalue weighted by Crippen LogP contribution is -2.44. The van der Waals surface area contributed by atoms with Crippen LogP contribution in [-0.2, 0) is 9.53 Å². The van der Waals surface area contributed by atoms with Crippen LogP contribution >= 0.6 is 0 Å². The topological polar surface area (TPSA) is 70.6 Å². The van der Waals surface area contributed by atoms with Crippen LogP contribution in [0.5, 0.6) is 0 Å². The fourth-order valence-corrected chi connectivity index (χ4v) is 1.22. The molecule has 0 aromatic rings. The fraction of sp³-hybridized carbons (Fsp3) is 0.900. The summed E-state index contributed by atoms with van der Waals surface area (Å²) < 4.78 is 4.79. The van der Waals surface area contributed by atoms with E-state index in [0.29, 0.717) is 19.7 Å². The van der Waals surface area contributed by atoms with Crippen LogP contribution in [0.4, 0.5) is 0 Å². The first-order valence-corrected chi connectivity index (χ1v) is 5.04. The molecule has 0 spiro atoms. The number of aliphatic hydroxyl groups is 1. The van der Waals surface area contributed by atoms with Crippen molar-refractivity contribution in [3.63, 3.8) is 0 Å². The summed E-state index contributed by atoms with van der Waals surface area (Å²) in [5.74, 6) is -0.0174. The van der Waals surface area contributed by atoms with Crippen LogP contribution in [0.1, 0.15) is 13.8 Å². The molecule has 1 atom stereocenters. The number of carbonyl (C=O) groups excluding carboxylic acids is 1. The van der Waals surface area contributed by atoms with E-state index in [1.54, 1.807) is 7.05 Å². The second kappa shape index (κ2) is 6.76. The highest BCUT2D eigenvalue weighted by atomic mass is 16.5. The smallest absolute Gasteiger partial charge is 0.226 e. The molecule has 5 nitrogen and oxygen atoms in total. The monoisotopic (exact) mass is 218 g/mol. The third kappa shape index (κ3) is 5.71. The minimum atomic E-state index is -0.532. The van der Waals surface area contributed by atoms with Gasteiger partial charge in [0, 0.05) is 27.2 Å². The average Bonchev–Trinajstić information content (AvgIpc) is 2.16. The molecule has 0 aliphatic heterocycles. The summed E-state index contributed by atoms with van der Waals surface area (Å²) in [5.41, 5.74) is -0.471. The molecule has 0 aromatic heterocycles. The molecular formula is C10H22N2O3. The van der Waals surface area contributed by atoms with Gasteiger partial charge in [-0.1, -0.05) is 0 Å². The van der Waals surface area contributed by atoms with Gasteiger partial charge < -0.3 is 20.5 Å². The molecule has 0 aliphatic carbocycles. The highest BCUT2D eigenvalue weighted by molar-refractivity contribution is 5.81. The van der Waals surface area contributed by atoms with Crippen LogP contribution in [0.2, 0.25) is 0 Å². The Labute approximate surface area is 91.2 Å². The van der Waals surface area contributed by atoms with Crippen molar-refractivity contribution >= 4 is 5.91 Å². The van der Waals surface area contributed by atoms with E-state index in [4.69, 9.17) is 4.74 Å². The van der Waals surface area contributed by atoms with Crippen LogP contribution in [0.15, 0.2) is 0 Å². The Morgan fingerprint density at radius 1 is 1.53 bits per heavy atom. The molecule has 0 aliphatic rings. The molecule has 0 bridgehead atoms. The molecular weight excluding hydrogens is 196 g/mol. The number of aliphatic hydroxyl groups excluding tert-OH is 1. The number of hydrogen-bond donors (Lipinski definition) is 3. The van der Waals surface area contributed by atoms with E-state index in [2.05, 4.69) is 10.6 Å². The molecule has 15 heavy (non-hydrogen) atoms. The maximum absolute atomic E-state index is 11.4. The van der Waals surface area contributed by atoms with Gasteiger partial charge in [-0.2, -0.15) is 0 Å². The van der Waals surface area contributed by atoms with E-state index in [0.717, 1.165) is 0 Å². The summed E-state index contributed by atoms with van der Waals surface area (Å²) in [6, 6.07) is 0. The minimum absolute atomic E-state index is 0.0174. The first-order valence-electron chi connectivity index (χ1n) is 5.04. The molecule has 0 rings (SSSR count). The van der Waals surface area contributed by atoms with Gasteiger partial charge in [0.05, 0.1) is 18.1 Å². The van der Waals surface area contributed by atoms with Crippen molar-refractivity contribution in [2.45, 2.75) is 20.0 Å². The second-order valence-electron chi connectivity index (χ2n) is 4.20. The number of rotatable bonds is 7. The van der Waals surface area contributed by atoms with Gasteiger partial charge in [0.15, 0.2) is 0 Å². The van der Waals surface area contributed by atoms with Crippen molar-refractivity contribution in [2.75, 3.05) is 33.9 Å². The van der Waals surface area contributed by atoms with Gasteiger partial charge in [0.25, 0.3) is 0 Å². The number of nitrogens with one attached hydrogen (secondary N) is 2.